The first kappa shape index (κ1) is 24.2. The fourth-order valence-electron chi connectivity index (χ4n) is 3.99. The van der Waals surface area contributed by atoms with Gasteiger partial charge in [0.25, 0.3) is 0 Å². The minimum Gasteiger partial charge on any atom is -0.457 e. The van der Waals surface area contributed by atoms with Gasteiger partial charge in [-0.15, -0.1) is 0 Å². The number of amides is 2. The number of rotatable bonds is 4. The average Bonchev–Trinajstić information content (AvgIpc) is 3.12. The van der Waals surface area contributed by atoms with E-state index in [9.17, 15) is 18.0 Å². The Bertz CT molecular complexity index is 1390. The second-order valence-electron chi connectivity index (χ2n) is 8.45. The summed E-state index contributed by atoms with van der Waals surface area (Å²) in [7, 11) is 0. The number of hydrogen-bond acceptors (Lipinski definition) is 4. The highest BCUT2D eigenvalue weighted by atomic mass is 19.4. The highest BCUT2D eigenvalue weighted by Crippen LogP contribution is 2.34. The number of ether oxygens (including phenoxy) is 1. The van der Waals surface area contributed by atoms with E-state index in [4.69, 9.17) is 4.74 Å². The monoisotopic (exact) mass is 504 g/mol. The molecule has 5 rings (SSSR count). The van der Waals surface area contributed by atoms with Gasteiger partial charge in [-0.05, 0) is 67.1 Å². The van der Waals surface area contributed by atoms with Crippen LogP contribution in [0.15, 0.2) is 91.0 Å². The molecule has 0 unspecified atom stereocenters. The van der Waals surface area contributed by atoms with Gasteiger partial charge >= 0.3 is 12.2 Å². The summed E-state index contributed by atoms with van der Waals surface area (Å²) < 4.78 is 45.5. The number of alkyl halides is 3. The molecule has 2 heterocycles. The number of halogens is 3. The SMILES string of the molecule is O=C(Nc1ccc(Oc2ccccc2)cc1)N1CCCNc2ccc(-c3cccc(C(F)(F)F)c3)nc21. The molecule has 0 bridgehead atoms. The molecular weight excluding hydrogens is 481 g/mol. The van der Waals surface area contributed by atoms with Gasteiger partial charge in [0.05, 0.1) is 16.9 Å². The van der Waals surface area contributed by atoms with Crippen molar-refractivity contribution < 1.29 is 22.7 Å². The van der Waals surface area contributed by atoms with Crippen molar-refractivity contribution >= 4 is 23.2 Å². The predicted octanol–water partition coefficient (Wildman–Crippen LogP) is 7.41. The molecule has 9 heteroatoms. The number of carbonyl (C=O) groups is 1. The second kappa shape index (κ2) is 10.2. The molecule has 37 heavy (non-hydrogen) atoms. The molecule has 1 aliphatic rings. The van der Waals surface area contributed by atoms with Crippen LogP contribution in [0.1, 0.15) is 12.0 Å². The Balaban J connectivity index is 1.37. The third kappa shape index (κ3) is 5.66. The molecule has 0 fully saturated rings. The summed E-state index contributed by atoms with van der Waals surface area (Å²) in [6.07, 6.45) is -3.79. The molecule has 3 aromatic carbocycles. The standard InChI is InChI=1S/C28H23F3N4O2/c29-28(30,31)20-7-4-6-19(18-20)24-14-15-25-26(34-24)35(17-5-16-32-25)27(36)33-21-10-12-23(13-11-21)37-22-8-2-1-3-9-22/h1-4,6-15,18,32H,5,16-17H2,(H,33,36). The summed E-state index contributed by atoms with van der Waals surface area (Å²) in [5.74, 6) is 1.69. The van der Waals surface area contributed by atoms with Crippen molar-refractivity contribution in [2.75, 3.05) is 28.6 Å². The van der Waals surface area contributed by atoms with Crippen LogP contribution in [0.25, 0.3) is 11.3 Å². The number of pyridine rings is 1. The van der Waals surface area contributed by atoms with E-state index in [0.717, 1.165) is 12.1 Å². The molecule has 1 aromatic heterocycles. The maximum Gasteiger partial charge on any atom is 0.416 e. The lowest BCUT2D eigenvalue weighted by molar-refractivity contribution is -0.137. The summed E-state index contributed by atoms with van der Waals surface area (Å²) in [5.41, 5.74) is 1.10. The van der Waals surface area contributed by atoms with Crippen LogP contribution in [0, 0.1) is 0 Å². The Morgan fingerprint density at radius 2 is 1.68 bits per heavy atom. The van der Waals surface area contributed by atoms with E-state index in [1.54, 1.807) is 42.5 Å². The van der Waals surface area contributed by atoms with E-state index < -0.39 is 17.8 Å². The van der Waals surface area contributed by atoms with E-state index in [-0.39, 0.29) is 0 Å². The van der Waals surface area contributed by atoms with Crippen molar-refractivity contribution in [1.82, 2.24) is 4.98 Å². The molecule has 188 valence electrons. The lowest BCUT2D eigenvalue weighted by atomic mass is 10.1. The van der Waals surface area contributed by atoms with Crippen molar-refractivity contribution in [3.8, 4) is 22.8 Å². The van der Waals surface area contributed by atoms with Crippen molar-refractivity contribution in [1.29, 1.82) is 0 Å². The van der Waals surface area contributed by atoms with Crippen molar-refractivity contribution in [3.05, 3.63) is 96.6 Å². The fraction of sp³-hybridized carbons (Fsp3) is 0.143. The van der Waals surface area contributed by atoms with Gasteiger partial charge in [0, 0.05) is 24.3 Å². The largest absolute Gasteiger partial charge is 0.457 e. The minimum atomic E-state index is -4.46. The maximum absolute atomic E-state index is 13.3. The van der Waals surface area contributed by atoms with Gasteiger partial charge in [-0.3, -0.25) is 4.90 Å². The van der Waals surface area contributed by atoms with Gasteiger partial charge in [-0.2, -0.15) is 13.2 Å². The number of nitrogens with zero attached hydrogens (tertiary/aromatic N) is 2. The summed E-state index contributed by atoms with van der Waals surface area (Å²) in [4.78, 5) is 19.3. The number of para-hydroxylation sites is 1. The van der Waals surface area contributed by atoms with Crippen LogP contribution in [0.2, 0.25) is 0 Å². The summed E-state index contributed by atoms with van der Waals surface area (Å²) in [6, 6.07) is 24.3. The molecule has 1 aliphatic heterocycles. The minimum absolute atomic E-state index is 0.316. The summed E-state index contributed by atoms with van der Waals surface area (Å²) >= 11 is 0. The fourth-order valence-corrected chi connectivity index (χ4v) is 3.99. The molecule has 0 saturated heterocycles. The number of hydrogen-bond donors (Lipinski definition) is 2. The highest BCUT2D eigenvalue weighted by molar-refractivity contribution is 6.03. The molecule has 0 radical (unpaired) electrons. The molecule has 6 nitrogen and oxygen atoms in total. The molecule has 2 amide bonds. The number of urea groups is 1. The number of fused-ring (bicyclic) bond motifs is 1. The van der Waals surface area contributed by atoms with E-state index in [1.165, 1.54) is 11.0 Å². The Morgan fingerprint density at radius 1 is 0.919 bits per heavy atom. The average molecular weight is 505 g/mol. The Morgan fingerprint density at radius 3 is 2.43 bits per heavy atom. The van der Waals surface area contributed by atoms with Gasteiger partial charge < -0.3 is 15.4 Å². The molecule has 0 atom stereocenters. The topological polar surface area (TPSA) is 66.5 Å². The van der Waals surface area contributed by atoms with Gasteiger partial charge in [-0.1, -0.05) is 30.3 Å². The molecule has 4 aromatic rings. The first-order valence-electron chi connectivity index (χ1n) is 11.7. The summed E-state index contributed by atoms with van der Waals surface area (Å²) in [6.45, 7) is 1.02. The normalized spacial score (nSPS) is 13.2. The van der Waals surface area contributed by atoms with Crippen molar-refractivity contribution in [2.45, 2.75) is 12.6 Å². The quantitative estimate of drug-likeness (QED) is 0.304. The zero-order valence-electron chi connectivity index (χ0n) is 19.6. The molecule has 0 saturated carbocycles. The third-order valence-electron chi connectivity index (χ3n) is 5.82. The van der Waals surface area contributed by atoms with Crippen molar-refractivity contribution in [2.24, 2.45) is 0 Å². The Hall–Kier alpha value is -4.53. The van der Waals surface area contributed by atoms with E-state index in [0.29, 0.717) is 59.5 Å². The Labute approximate surface area is 211 Å². The predicted molar refractivity (Wildman–Crippen MR) is 137 cm³/mol. The lowest BCUT2D eigenvalue weighted by Crippen LogP contribution is -2.36. The zero-order chi connectivity index (χ0) is 25.8. The molecule has 0 aliphatic carbocycles. The van der Waals surface area contributed by atoms with Crippen LogP contribution in [-0.4, -0.2) is 24.1 Å². The van der Waals surface area contributed by atoms with Crippen molar-refractivity contribution in [3.63, 3.8) is 0 Å². The number of benzene rings is 3. The van der Waals surface area contributed by atoms with Crippen LogP contribution < -0.4 is 20.3 Å². The van der Waals surface area contributed by atoms with Gasteiger partial charge in [0.15, 0.2) is 5.82 Å². The second-order valence-corrected chi connectivity index (χ2v) is 8.45. The summed E-state index contributed by atoms with van der Waals surface area (Å²) in [5, 5.41) is 6.11. The highest BCUT2D eigenvalue weighted by Gasteiger charge is 2.31. The first-order chi connectivity index (χ1) is 17.9. The van der Waals surface area contributed by atoms with Gasteiger partial charge in [0.1, 0.15) is 11.5 Å². The molecular formula is C28H23F3N4O2. The number of carbonyl (C=O) groups excluding carboxylic acids is 1. The van der Waals surface area contributed by atoms with Crippen LogP contribution in [0.5, 0.6) is 11.5 Å². The van der Waals surface area contributed by atoms with Crippen LogP contribution >= 0.6 is 0 Å². The van der Waals surface area contributed by atoms with Gasteiger partial charge in [0.2, 0.25) is 0 Å². The van der Waals surface area contributed by atoms with E-state index >= 15 is 0 Å². The Kier molecular flexibility index (Phi) is 6.68. The first-order valence-corrected chi connectivity index (χ1v) is 11.7. The zero-order valence-corrected chi connectivity index (χ0v) is 19.6. The third-order valence-corrected chi connectivity index (χ3v) is 5.82. The smallest absolute Gasteiger partial charge is 0.416 e. The van der Waals surface area contributed by atoms with E-state index in [2.05, 4.69) is 15.6 Å². The number of nitrogens with one attached hydrogen (secondary N) is 2. The number of anilines is 3. The molecule has 0 spiro atoms. The van der Waals surface area contributed by atoms with Gasteiger partial charge in [-0.25, -0.2) is 9.78 Å². The van der Waals surface area contributed by atoms with Crippen LogP contribution in [0.4, 0.5) is 35.2 Å². The molecule has 2 N–H and O–H groups in total. The van der Waals surface area contributed by atoms with E-state index in [1.807, 2.05) is 30.3 Å². The van der Waals surface area contributed by atoms with Crippen LogP contribution in [0.3, 0.4) is 0 Å². The van der Waals surface area contributed by atoms with Crippen LogP contribution in [-0.2, 0) is 6.18 Å². The maximum atomic E-state index is 13.3. The lowest BCUT2D eigenvalue weighted by Gasteiger charge is -2.22. The number of aromatic nitrogens is 1.